The van der Waals surface area contributed by atoms with E-state index in [1.54, 1.807) is 6.07 Å². The normalized spacial score (nSPS) is 25.2. The quantitative estimate of drug-likeness (QED) is 0.584. The van der Waals surface area contributed by atoms with Crippen molar-refractivity contribution in [2.75, 3.05) is 19.6 Å². The smallest absolute Gasteiger partial charge is 0.233 e. The number of hydrogen-bond donors (Lipinski definition) is 1. The maximum absolute atomic E-state index is 14.3. The van der Waals surface area contributed by atoms with Crippen molar-refractivity contribution in [2.45, 2.75) is 32.5 Å². The lowest BCUT2D eigenvalue weighted by Crippen LogP contribution is -2.49. The number of halogens is 1. The van der Waals surface area contributed by atoms with Crippen LogP contribution < -0.4 is 5.32 Å². The van der Waals surface area contributed by atoms with Gasteiger partial charge in [-0.3, -0.25) is 19.4 Å². The molecule has 3 unspecified atom stereocenters. The van der Waals surface area contributed by atoms with Crippen LogP contribution in [-0.4, -0.2) is 57.3 Å². The molecule has 2 saturated heterocycles. The molecule has 33 heavy (non-hydrogen) atoms. The third kappa shape index (κ3) is 3.64. The average Bonchev–Trinajstić information content (AvgIpc) is 3.44. The molecule has 3 aliphatic rings. The van der Waals surface area contributed by atoms with Crippen molar-refractivity contribution in [3.8, 4) is 11.3 Å². The van der Waals surface area contributed by atoms with Crippen LogP contribution in [-0.2, 0) is 22.7 Å². The first-order chi connectivity index (χ1) is 16.0. The number of nitrogens with one attached hydrogen (secondary N) is 1. The van der Waals surface area contributed by atoms with E-state index in [-0.39, 0.29) is 36.0 Å². The van der Waals surface area contributed by atoms with Crippen LogP contribution in [0.2, 0.25) is 0 Å². The van der Waals surface area contributed by atoms with Crippen molar-refractivity contribution >= 4 is 33.4 Å². The fraction of sp³-hybridized carbons (Fsp3) is 0.417. The molecule has 3 aromatic rings. The van der Waals surface area contributed by atoms with E-state index in [0.717, 1.165) is 45.9 Å². The summed E-state index contributed by atoms with van der Waals surface area (Å²) in [5.74, 6) is -0.648. The molecule has 2 amide bonds. The van der Waals surface area contributed by atoms with Crippen molar-refractivity contribution in [3.63, 3.8) is 0 Å². The largest absolute Gasteiger partial charge is 0.314 e. The van der Waals surface area contributed by atoms with Crippen molar-refractivity contribution in [1.82, 2.24) is 25.1 Å². The molecule has 1 aliphatic carbocycles. The van der Waals surface area contributed by atoms with E-state index in [2.05, 4.69) is 27.1 Å². The Hall–Kier alpha value is -2.75. The number of likely N-dealkylation sites (tertiary alicyclic amines) is 1. The van der Waals surface area contributed by atoms with Crippen LogP contribution >= 0.6 is 11.3 Å². The summed E-state index contributed by atoms with van der Waals surface area (Å²) >= 11 is 1.47. The van der Waals surface area contributed by atoms with Gasteiger partial charge in [0, 0.05) is 42.7 Å². The average molecular weight is 466 g/mol. The zero-order chi connectivity index (χ0) is 22.7. The Morgan fingerprint density at radius 1 is 1.15 bits per heavy atom. The van der Waals surface area contributed by atoms with Crippen LogP contribution in [0.5, 0.6) is 0 Å². The minimum atomic E-state index is -0.307. The Morgan fingerprint density at radius 2 is 1.97 bits per heavy atom. The van der Waals surface area contributed by atoms with E-state index in [9.17, 15) is 14.0 Å². The first-order valence-electron chi connectivity index (χ1n) is 11.3. The maximum atomic E-state index is 14.3. The van der Waals surface area contributed by atoms with Crippen molar-refractivity contribution in [3.05, 3.63) is 46.9 Å². The van der Waals surface area contributed by atoms with E-state index < -0.39 is 0 Å². The highest BCUT2D eigenvalue weighted by molar-refractivity contribution is 7.19. The summed E-state index contributed by atoms with van der Waals surface area (Å²) in [6.45, 7) is 5.96. The topological polar surface area (TPSA) is 78.4 Å². The molecular weight excluding hydrogens is 441 g/mol. The first-order valence-corrected chi connectivity index (χ1v) is 12.1. The first kappa shape index (κ1) is 20.8. The van der Waals surface area contributed by atoms with E-state index in [0.29, 0.717) is 24.7 Å². The minimum absolute atomic E-state index is 0.0636. The minimum Gasteiger partial charge on any atom is -0.314 e. The molecular formula is C24H24FN5O2S. The van der Waals surface area contributed by atoms with Crippen LogP contribution in [0.1, 0.15) is 23.8 Å². The highest BCUT2D eigenvalue weighted by Gasteiger charge is 2.58. The lowest BCUT2D eigenvalue weighted by molar-refractivity contribution is -0.141. The number of piperazine rings is 1. The highest BCUT2D eigenvalue weighted by atomic mass is 32.1. The van der Waals surface area contributed by atoms with Crippen molar-refractivity contribution in [1.29, 1.82) is 0 Å². The Bertz CT molecular complexity index is 1260. The number of rotatable bonds is 5. The third-order valence-corrected chi connectivity index (χ3v) is 8.09. The second-order valence-electron chi connectivity index (χ2n) is 9.19. The van der Waals surface area contributed by atoms with Crippen molar-refractivity contribution < 1.29 is 14.0 Å². The van der Waals surface area contributed by atoms with Gasteiger partial charge in [-0.05, 0) is 37.1 Å². The molecule has 170 valence electrons. The lowest BCUT2D eigenvalue weighted by atomic mass is 10.0. The number of imide groups is 1. The monoisotopic (exact) mass is 465 g/mol. The van der Waals surface area contributed by atoms with Crippen LogP contribution in [0, 0.1) is 17.7 Å². The summed E-state index contributed by atoms with van der Waals surface area (Å²) in [5, 5.41) is 3.40. The number of nitrogens with zero attached hydrogens (tertiary/aromatic N) is 4. The number of hydrogen-bond acceptors (Lipinski definition) is 7. The molecule has 0 spiro atoms. The number of carbonyl (C=O) groups excluding carboxylic acids is 2. The maximum Gasteiger partial charge on any atom is 0.233 e. The fourth-order valence-corrected chi connectivity index (χ4v) is 6.08. The molecule has 1 N–H and O–H groups in total. The van der Waals surface area contributed by atoms with Gasteiger partial charge >= 0.3 is 0 Å². The molecule has 3 fully saturated rings. The number of benzene rings is 1. The fourth-order valence-electron chi connectivity index (χ4n) is 4.98. The second-order valence-corrected chi connectivity index (χ2v) is 10.3. The zero-order valence-corrected chi connectivity index (χ0v) is 19.1. The molecule has 4 heterocycles. The van der Waals surface area contributed by atoms with Gasteiger partial charge in [-0.25, -0.2) is 14.4 Å². The SMILES string of the molecule is CC1CNCCN1Cc1ccc(F)cc1-c1ncnc2cc(CN3C(=O)C4CC4C3=O)sc12. The Labute approximate surface area is 194 Å². The standard InChI is InChI=1S/C24H24FN5O2S/c1-13-9-26-4-5-29(13)10-14-2-3-15(25)6-17(14)21-22-20(27-12-28-21)7-16(33-22)11-30-23(31)18-8-19(18)24(30)32/h2-3,6-7,12-13,18-19,26H,4-5,8-11H2,1H3. The molecule has 2 aliphatic heterocycles. The number of carbonyl (C=O) groups is 2. The van der Waals surface area contributed by atoms with Gasteiger partial charge < -0.3 is 5.32 Å². The number of amides is 2. The molecule has 2 aromatic heterocycles. The molecule has 6 rings (SSSR count). The van der Waals surface area contributed by atoms with Gasteiger partial charge in [-0.15, -0.1) is 11.3 Å². The van der Waals surface area contributed by atoms with Crippen LogP contribution in [0.15, 0.2) is 30.6 Å². The van der Waals surface area contributed by atoms with E-state index in [1.807, 2.05) is 12.1 Å². The summed E-state index contributed by atoms with van der Waals surface area (Å²) in [6, 6.07) is 7.18. The number of fused-ring (bicyclic) bond motifs is 2. The molecule has 9 heteroatoms. The van der Waals surface area contributed by atoms with Crippen LogP contribution in [0.3, 0.4) is 0 Å². The predicted octanol–water partition coefficient (Wildman–Crippen LogP) is 2.80. The van der Waals surface area contributed by atoms with Crippen LogP contribution in [0.25, 0.3) is 21.5 Å². The van der Waals surface area contributed by atoms with Gasteiger partial charge in [0.25, 0.3) is 0 Å². The highest BCUT2D eigenvalue weighted by Crippen LogP contribution is 2.47. The van der Waals surface area contributed by atoms with Gasteiger partial charge in [0.1, 0.15) is 12.1 Å². The van der Waals surface area contributed by atoms with Gasteiger partial charge in [-0.1, -0.05) is 6.07 Å². The summed E-state index contributed by atoms with van der Waals surface area (Å²) in [5.41, 5.74) is 3.21. The molecule has 0 bridgehead atoms. The van der Waals surface area contributed by atoms with Gasteiger partial charge in [-0.2, -0.15) is 0 Å². The number of piperidine rings is 1. The Balaban J connectivity index is 1.35. The van der Waals surface area contributed by atoms with E-state index in [1.165, 1.54) is 28.6 Å². The molecule has 1 aromatic carbocycles. The molecule has 3 atom stereocenters. The lowest BCUT2D eigenvalue weighted by Gasteiger charge is -2.34. The van der Waals surface area contributed by atoms with Crippen molar-refractivity contribution in [2.24, 2.45) is 11.8 Å². The molecule has 1 saturated carbocycles. The Kier molecular flexibility index (Phi) is 5.01. The van der Waals surface area contributed by atoms with E-state index >= 15 is 0 Å². The van der Waals surface area contributed by atoms with Gasteiger partial charge in [0.15, 0.2) is 0 Å². The molecule has 0 radical (unpaired) electrons. The predicted molar refractivity (Wildman–Crippen MR) is 123 cm³/mol. The summed E-state index contributed by atoms with van der Waals surface area (Å²) in [6.07, 6.45) is 2.20. The van der Waals surface area contributed by atoms with Gasteiger partial charge in [0.05, 0.1) is 34.3 Å². The van der Waals surface area contributed by atoms with E-state index in [4.69, 9.17) is 0 Å². The van der Waals surface area contributed by atoms with Gasteiger partial charge in [0.2, 0.25) is 11.8 Å². The third-order valence-electron chi connectivity index (χ3n) is 6.97. The summed E-state index contributed by atoms with van der Waals surface area (Å²) < 4.78 is 15.2. The summed E-state index contributed by atoms with van der Waals surface area (Å²) in [7, 11) is 0. The number of aromatic nitrogens is 2. The molecule has 7 nitrogen and oxygen atoms in total. The second kappa shape index (κ2) is 7.93. The summed E-state index contributed by atoms with van der Waals surface area (Å²) in [4.78, 5) is 38.4. The van der Waals surface area contributed by atoms with Crippen LogP contribution in [0.4, 0.5) is 4.39 Å². The number of thiophene rings is 1. The Morgan fingerprint density at radius 3 is 2.76 bits per heavy atom. The zero-order valence-electron chi connectivity index (χ0n) is 18.3.